The van der Waals surface area contributed by atoms with Crippen molar-refractivity contribution in [1.82, 2.24) is 15.1 Å². The van der Waals surface area contributed by atoms with E-state index in [-0.39, 0.29) is 11.7 Å². The number of halogens is 2. The molecule has 1 aromatic heterocycles. The summed E-state index contributed by atoms with van der Waals surface area (Å²) in [5.41, 5.74) is 4.00. The average Bonchev–Trinajstić information content (AvgIpc) is 3.09. The van der Waals surface area contributed by atoms with Gasteiger partial charge in [0.15, 0.2) is 5.82 Å². The van der Waals surface area contributed by atoms with Crippen LogP contribution in [0.5, 0.6) is 0 Å². The van der Waals surface area contributed by atoms with Crippen molar-refractivity contribution in [2.45, 2.75) is 32.9 Å². The smallest absolute Gasteiger partial charge is 0.151 e. The van der Waals surface area contributed by atoms with E-state index in [1.54, 1.807) is 13.3 Å². The number of nitrogens with one attached hydrogen (secondary N) is 1. The number of hydrogen-bond acceptors (Lipinski definition) is 3. The molecule has 0 aliphatic heterocycles. The highest BCUT2D eigenvalue weighted by molar-refractivity contribution is 5.66. The third-order valence-corrected chi connectivity index (χ3v) is 4.79. The molecule has 1 unspecified atom stereocenters. The van der Waals surface area contributed by atoms with Gasteiger partial charge >= 0.3 is 0 Å². The second-order valence-corrected chi connectivity index (χ2v) is 6.80. The SMILES string of the molecule is CCC(COC)NCc1cn(-c2ccc(F)cc2F)nc1-c1ccccc1C. The molecule has 0 aliphatic rings. The van der Waals surface area contributed by atoms with Gasteiger partial charge in [-0.3, -0.25) is 0 Å². The molecule has 6 heteroatoms. The Morgan fingerprint density at radius 2 is 1.96 bits per heavy atom. The van der Waals surface area contributed by atoms with Gasteiger partial charge in [-0.25, -0.2) is 13.5 Å². The summed E-state index contributed by atoms with van der Waals surface area (Å²) in [7, 11) is 1.68. The zero-order valence-electron chi connectivity index (χ0n) is 16.4. The molecular formula is C22H25F2N3O. The molecule has 1 heterocycles. The highest BCUT2D eigenvalue weighted by atomic mass is 19.1. The molecule has 0 saturated carbocycles. The molecule has 0 aliphatic carbocycles. The van der Waals surface area contributed by atoms with Crippen LogP contribution in [-0.4, -0.2) is 29.5 Å². The largest absolute Gasteiger partial charge is 0.383 e. The normalized spacial score (nSPS) is 12.3. The number of nitrogens with zero attached hydrogens (tertiary/aromatic N) is 2. The van der Waals surface area contributed by atoms with E-state index in [2.05, 4.69) is 17.3 Å². The van der Waals surface area contributed by atoms with E-state index in [0.29, 0.717) is 13.2 Å². The van der Waals surface area contributed by atoms with Gasteiger partial charge in [0.2, 0.25) is 0 Å². The number of aromatic nitrogens is 2. The summed E-state index contributed by atoms with van der Waals surface area (Å²) in [4.78, 5) is 0. The topological polar surface area (TPSA) is 39.1 Å². The van der Waals surface area contributed by atoms with Crippen molar-refractivity contribution in [3.05, 3.63) is 71.4 Å². The number of methoxy groups -OCH3 is 1. The quantitative estimate of drug-likeness (QED) is 0.614. The van der Waals surface area contributed by atoms with Gasteiger partial charge in [0.05, 0.1) is 12.3 Å². The fraction of sp³-hybridized carbons (Fsp3) is 0.318. The number of hydrogen-bond donors (Lipinski definition) is 1. The van der Waals surface area contributed by atoms with Crippen LogP contribution in [-0.2, 0) is 11.3 Å². The summed E-state index contributed by atoms with van der Waals surface area (Å²) in [6, 6.07) is 11.7. The Morgan fingerprint density at radius 3 is 2.64 bits per heavy atom. The summed E-state index contributed by atoms with van der Waals surface area (Å²) in [6.45, 7) is 5.28. The molecule has 1 N–H and O–H groups in total. The van der Waals surface area contributed by atoms with Gasteiger partial charge in [0.25, 0.3) is 0 Å². The van der Waals surface area contributed by atoms with E-state index in [1.165, 1.54) is 16.8 Å². The van der Waals surface area contributed by atoms with Crippen LogP contribution in [0.4, 0.5) is 8.78 Å². The Morgan fingerprint density at radius 1 is 1.18 bits per heavy atom. The third-order valence-electron chi connectivity index (χ3n) is 4.79. The summed E-state index contributed by atoms with van der Waals surface area (Å²) >= 11 is 0. The number of benzene rings is 2. The fourth-order valence-corrected chi connectivity index (χ4v) is 3.17. The number of rotatable bonds is 8. The van der Waals surface area contributed by atoms with Crippen molar-refractivity contribution in [2.75, 3.05) is 13.7 Å². The molecule has 4 nitrogen and oxygen atoms in total. The van der Waals surface area contributed by atoms with Crippen LogP contribution in [0.1, 0.15) is 24.5 Å². The standard InChI is InChI=1S/C22H25F2N3O/c1-4-18(14-28-3)25-12-16-13-27(21-10-9-17(23)11-20(21)24)26-22(16)19-8-6-5-7-15(19)2/h5-11,13,18,25H,4,12,14H2,1-3H3. The predicted octanol–water partition coefficient (Wildman–Crippen LogP) is 4.64. The number of aryl methyl sites for hydroxylation is 1. The maximum absolute atomic E-state index is 14.3. The highest BCUT2D eigenvalue weighted by Gasteiger charge is 2.17. The van der Waals surface area contributed by atoms with Gasteiger partial charge in [-0.1, -0.05) is 31.2 Å². The van der Waals surface area contributed by atoms with E-state index in [4.69, 9.17) is 4.74 Å². The first-order valence-electron chi connectivity index (χ1n) is 9.35. The minimum absolute atomic E-state index is 0.209. The van der Waals surface area contributed by atoms with Gasteiger partial charge in [0.1, 0.15) is 11.5 Å². The molecule has 3 aromatic rings. The molecule has 28 heavy (non-hydrogen) atoms. The van der Waals surface area contributed by atoms with Crippen LogP contribution < -0.4 is 5.32 Å². The van der Waals surface area contributed by atoms with Crippen LogP contribution >= 0.6 is 0 Å². The molecule has 0 radical (unpaired) electrons. The van der Waals surface area contributed by atoms with E-state index in [0.717, 1.165) is 34.9 Å². The maximum Gasteiger partial charge on any atom is 0.151 e. The van der Waals surface area contributed by atoms with Crippen LogP contribution in [0.2, 0.25) is 0 Å². The lowest BCUT2D eigenvalue weighted by atomic mass is 10.0. The molecule has 2 aromatic carbocycles. The summed E-state index contributed by atoms with van der Waals surface area (Å²) in [5, 5.41) is 8.11. The van der Waals surface area contributed by atoms with Crippen LogP contribution in [0, 0.1) is 18.6 Å². The van der Waals surface area contributed by atoms with Gasteiger partial charge in [-0.2, -0.15) is 5.10 Å². The minimum atomic E-state index is -0.649. The van der Waals surface area contributed by atoms with E-state index in [9.17, 15) is 8.78 Å². The highest BCUT2D eigenvalue weighted by Crippen LogP contribution is 2.27. The minimum Gasteiger partial charge on any atom is -0.383 e. The number of ether oxygens (including phenoxy) is 1. The Hall–Kier alpha value is -2.57. The molecule has 1 atom stereocenters. The Kier molecular flexibility index (Phi) is 6.54. The Bertz CT molecular complexity index is 939. The van der Waals surface area contributed by atoms with Crippen LogP contribution in [0.25, 0.3) is 16.9 Å². The monoisotopic (exact) mass is 385 g/mol. The van der Waals surface area contributed by atoms with Crippen molar-refractivity contribution >= 4 is 0 Å². The van der Waals surface area contributed by atoms with Crippen molar-refractivity contribution in [3.8, 4) is 16.9 Å². The first-order chi connectivity index (χ1) is 13.5. The summed E-state index contributed by atoms with van der Waals surface area (Å²) in [6.07, 6.45) is 2.72. The first kappa shape index (κ1) is 20.2. The molecule has 0 fully saturated rings. The molecule has 3 rings (SSSR count). The first-order valence-corrected chi connectivity index (χ1v) is 9.35. The van der Waals surface area contributed by atoms with E-state index in [1.807, 2.05) is 31.2 Å². The molecule has 0 bridgehead atoms. The summed E-state index contributed by atoms with van der Waals surface area (Å²) in [5.74, 6) is -1.26. The Labute approximate surface area is 164 Å². The van der Waals surface area contributed by atoms with Gasteiger partial charge in [0, 0.05) is 43.1 Å². The lowest BCUT2D eigenvalue weighted by Crippen LogP contribution is -2.32. The van der Waals surface area contributed by atoms with Crippen molar-refractivity contribution in [3.63, 3.8) is 0 Å². The zero-order valence-corrected chi connectivity index (χ0v) is 16.4. The lowest BCUT2D eigenvalue weighted by Gasteiger charge is -2.16. The molecule has 0 amide bonds. The second-order valence-electron chi connectivity index (χ2n) is 6.80. The van der Waals surface area contributed by atoms with Crippen molar-refractivity contribution in [2.24, 2.45) is 0 Å². The van der Waals surface area contributed by atoms with Gasteiger partial charge in [-0.15, -0.1) is 0 Å². The molecule has 0 spiro atoms. The average molecular weight is 385 g/mol. The summed E-state index contributed by atoms with van der Waals surface area (Å²) < 4.78 is 34.3. The molecule has 0 saturated heterocycles. The molecular weight excluding hydrogens is 360 g/mol. The fourth-order valence-electron chi connectivity index (χ4n) is 3.17. The second kappa shape index (κ2) is 9.08. The predicted molar refractivity (Wildman–Crippen MR) is 106 cm³/mol. The third kappa shape index (κ3) is 4.46. The van der Waals surface area contributed by atoms with Crippen molar-refractivity contribution < 1.29 is 13.5 Å². The van der Waals surface area contributed by atoms with E-state index < -0.39 is 11.6 Å². The zero-order chi connectivity index (χ0) is 20.1. The van der Waals surface area contributed by atoms with Gasteiger partial charge < -0.3 is 10.1 Å². The van der Waals surface area contributed by atoms with Gasteiger partial charge in [-0.05, 0) is 31.0 Å². The Balaban J connectivity index is 2.01. The van der Waals surface area contributed by atoms with E-state index >= 15 is 0 Å². The lowest BCUT2D eigenvalue weighted by molar-refractivity contribution is 0.164. The van der Waals surface area contributed by atoms with Crippen molar-refractivity contribution in [1.29, 1.82) is 0 Å². The maximum atomic E-state index is 14.3. The van der Waals surface area contributed by atoms with Crippen LogP contribution in [0.15, 0.2) is 48.7 Å². The van der Waals surface area contributed by atoms with Crippen LogP contribution in [0.3, 0.4) is 0 Å². The molecule has 148 valence electrons.